The number of carboxylic acid groups (broad SMARTS) is 1. The van der Waals surface area contributed by atoms with Crippen LogP contribution in [0.4, 0.5) is 5.69 Å². The van der Waals surface area contributed by atoms with Crippen molar-refractivity contribution >= 4 is 11.7 Å². The van der Waals surface area contributed by atoms with E-state index in [0.29, 0.717) is 0 Å². The van der Waals surface area contributed by atoms with Crippen molar-refractivity contribution in [2.24, 2.45) is 0 Å². The van der Waals surface area contributed by atoms with Crippen LogP contribution < -0.4 is 4.90 Å². The van der Waals surface area contributed by atoms with E-state index in [0.717, 1.165) is 37.9 Å². The van der Waals surface area contributed by atoms with Crippen LogP contribution in [0, 0.1) is 0 Å². The molecule has 0 atom stereocenters. The van der Waals surface area contributed by atoms with Gasteiger partial charge in [0.25, 0.3) is 0 Å². The van der Waals surface area contributed by atoms with Crippen LogP contribution in [-0.4, -0.2) is 23.2 Å². The van der Waals surface area contributed by atoms with Crippen LogP contribution in [0.3, 0.4) is 0 Å². The molecule has 0 amide bonds. The van der Waals surface area contributed by atoms with E-state index in [1.54, 1.807) is 0 Å². The summed E-state index contributed by atoms with van der Waals surface area (Å²) in [7, 11) is 0. The lowest BCUT2D eigenvalue weighted by Crippen LogP contribution is -2.53. The fourth-order valence-electron chi connectivity index (χ4n) is 2.90. The second-order valence-electron chi connectivity index (χ2n) is 4.62. The van der Waals surface area contributed by atoms with Gasteiger partial charge in [0.15, 0.2) is 0 Å². The molecule has 1 aliphatic rings. The quantitative estimate of drug-likeness (QED) is 0.869. The molecule has 1 aromatic rings. The maximum atomic E-state index is 11.7. The fraction of sp³-hybridized carbons (Fsp3) is 0.500. The number of likely N-dealkylation sites (N-methyl/N-ethyl adjacent to an activating group) is 1. The van der Waals surface area contributed by atoms with Gasteiger partial charge in [-0.3, -0.25) is 0 Å². The number of benzene rings is 1. The van der Waals surface area contributed by atoms with Gasteiger partial charge in [-0.15, -0.1) is 0 Å². The molecule has 3 nitrogen and oxygen atoms in total. The highest BCUT2D eigenvalue weighted by molar-refractivity contribution is 5.84. The molecule has 1 aromatic carbocycles. The van der Waals surface area contributed by atoms with Gasteiger partial charge in [0.1, 0.15) is 5.54 Å². The molecule has 1 N–H and O–H groups in total. The maximum Gasteiger partial charge on any atom is 0.329 e. The zero-order valence-corrected chi connectivity index (χ0v) is 10.2. The minimum absolute atomic E-state index is 0.680. The normalized spacial score (nSPS) is 17.9. The van der Waals surface area contributed by atoms with Gasteiger partial charge < -0.3 is 10.0 Å². The van der Waals surface area contributed by atoms with Gasteiger partial charge in [-0.05, 0) is 31.9 Å². The lowest BCUT2D eigenvalue weighted by molar-refractivity contribution is -0.143. The molecule has 0 aliphatic heterocycles. The lowest BCUT2D eigenvalue weighted by Gasteiger charge is -2.39. The number of aliphatic carboxylic acids is 1. The third-order valence-electron chi connectivity index (χ3n) is 3.73. The summed E-state index contributed by atoms with van der Waals surface area (Å²) in [6.07, 6.45) is 3.53. The van der Waals surface area contributed by atoms with Crippen LogP contribution in [-0.2, 0) is 4.79 Å². The van der Waals surface area contributed by atoms with Gasteiger partial charge in [0.2, 0.25) is 0 Å². The highest BCUT2D eigenvalue weighted by Gasteiger charge is 2.46. The number of nitrogens with zero attached hydrogens (tertiary/aromatic N) is 1. The summed E-state index contributed by atoms with van der Waals surface area (Å²) < 4.78 is 0. The number of carboxylic acids is 1. The average molecular weight is 233 g/mol. The molecule has 0 saturated heterocycles. The Morgan fingerprint density at radius 2 is 1.88 bits per heavy atom. The van der Waals surface area contributed by atoms with Crippen LogP contribution in [0.2, 0.25) is 0 Å². The van der Waals surface area contributed by atoms with Crippen molar-refractivity contribution in [2.75, 3.05) is 11.4 Å². The van der Waals surface area contributed by atoms with Crippen molar-refractivity contribution in [3.05, 3.63) is 30.3 Å². The Bertz CT molecular complexity index is 382. The Kier molecular flexibility index (Phi) is 3.36. The number of carbonyl (C=O) groups is 1. The summed E-state index contributed by atoms with van der Waals surface area (Å²) in [5.74, 6) is -0.680. The molecule has 0 unspecified atom stereocenters. The molecule has 0 heterocycles. The van der Waals surface area contributed by atoms with Crippen molar-refractivity contribution < 1.29 is 9.90 Å². The van der Waals surface area contributed by atoms with Crippen LogP contribution in [0.25, 0.3) is 0 Å². The van der Waals surface area contributed by atoms with Gasteiger partial charge in [-0.25, -0.2) is 4.79 Å². The molecule has 0 radical (unpaired) electrons. The second-order valence-corrected chi connectivity index (χ2v) is 4.62. The van der Waals surface area contributed by atoms with Gasteiger partial charge in [0, 0.05) is 12.2 Å². The van der Waals surface area contributed by atoms with Crippen LogP contribution in [0.15, 0.2) is 30.3 Å². The topological polar surface area (TPSA) is 40.5 Å². The van der Waals surface area contributed by atoms with Gasteiger partial charge in [0.05, 0.1) is 0 Å². The monoisotopic (exact) mass is 233 g/mol. The molecule has 1 saturated carbocycles. The zero-order valence-electron chi connectivity index (χ0n) is 10.2. The minimum Gasteiger partial charge on any atom is -0.479 e. The molecular formula is C14H19NO2. The van der Waals surface area contributed by atoms with Crippen molar-refractivity contribution in [2.45, 2.75) is 38.1 Å². The molecule has 1 aliphatic carbocycles. The van der Waals surface area contributed by atoms with Gasteiger partial charge in [-0.1, -0.05) is 31.0 Å². The predicted molar refractivity (Wildman–Crippen MR) is 68.3 cm³/mol. The second kappa shape index (κ2) is 4.78. The number of hydrogen-bond acceptors (Lipinski definition) is 2. The Hall–Kier alpha value is -1.51. The van der Waals surface area contributed by atoms with Crippen molar-refractivity contribution in [3.63, 3.8) is 0 Å². The molecule has 17 heavy (non-hydrogen) atoms. The van der Waals surface area contributed by atoms with Crippen LogP contribution >= 0.6 is 0 Å². The Labute approximate surface area is 102 Å². The summed E-state index contributed by atoms with van der Waals surface area (Å²) in [4.78, 5) is 13.7. The average Bonchev–Trinajstić information content (AvgIpc) is 2.82. The minimum atomic E-state index is -0.684. The van der Waals surface area contributed by atoms with E-state index < -0.39 is 11.5 Å². The van der Waals surface area contributed by atoms with Crippen LogP contribution in [0.1, 0.15) is 32.6 Å². The highest BCUT2D eigenvalue weighted by Crippen LogP contribution is 2.38. The summed E-state index contributed by atoms with van der Waals surface area (Å²) in [5.41, 5.74) is 0.329. The standard InChI is InChI=1S/C14H19NO2/c1-2-15(12-8-4-3-5-9-12)14(13(16)17)10-6-7-11-14/h3-5,8-9H,2,6-7,10-11H2,1H3,(H,16,17). The summed E-state index contributed by atoms with van der Waals surface area (Å²) in [6, 6.07) is 9.86. The van der Waals surface area contributed by atoms with E-state index in [1.165, 1.54) is 0 Å². The molecule has 1 fully saturated rings. The zero-order chi connectivity index (χ0) is 12.3. The molecule has 0 bridgehead atoms. The number of para-hydroxylation sites is 1. The summed E-state index contributed by atoms with van der Waals surface area (Å²) >= 11 is 0. The van der Waals surface area contributed by atoms with E-state index in [9.17, 15) is 9.90 Å². The Morgan fingerprint density at radius 3 is 2.35 bits per heavy atom. The molecule has 0 aromatic heterocycles. The van der Waals surface area contributed by atoms with Crippen LogP contribution in [0.5, 0.6) is 0 Å². The SMILES string of the molecule is CCN(c1ccccc1)C1(C(=O)O)CCCC1. The van der Waals surface area contributed by atoms with E-state index in [2.05, 4.69) is 0 Å². The summed E-state index contributed by atoms with van der Waals surface area (Å²) in [5, 5.41) is 9.58. The van der Waals surface area contributed by atoms with Gasteiger partial charge >= 0.3 is 5.97 Å². The largest absolute Gasteiger partial charge is 0.479 e. The number of hydrogen-bond donors (Lipinski definition) is 1. The maximum absolute atomic E-state index is 11.7. The Balaban J connectivity index is 2.37. The van der Waals surface area contributed by atoms with E-state index in [1.807, 2.05) is 42.2 Å². The lowest BCUT2D eigenvalue weighted by atomic mass is 9.94. The predicted octanol–water partition coefficient (Wildman–Crippen LogP) is 2.91. The summed E-state index contributed by atoms with van der Waals surface area (Å²) in [6.45, 7) is 2.76. The van der Waals surface area contributed by atoms with Crippen molar-refractivity contribution in [1.29, 1.82) is 0 Å². The smallest absolute Gasteiger partial charge is 0.329 e. The third kappa shape index (κ3) is 2.02. The Morgan fingerprint density at radius 1 is 1.29 bits per heavy atom. The molecule has 0 spiro atoms. The number of anilines is 1. The molecule has 3 heteroatoms. The van der Waals surface area contributed by atoms with E-state index in [4.69, 9.17) is 0 Å². The number of rotatable bonds is 4. The van der Waals surface area contributed by atoms with Gasteiger partial charge in [-0.2, -0.15) is 0 Å². The first-order valence-electron chi connectivity index (χ1n) is 6.27. The third-order valence-corrected chi connectivity index (χ3v) is 3.73. The highest BCUT2D eigenvalue weighted by atomic mass is 16.4. The first-order valence-corrected chi connectivity index (χ1v) is 6.27. The first kappa shape index (κ1) is 12.0. The molecular weight excluding hydrogens is 214 g/mol. The first-order chi connectivity index (χ1) is 8.20. The van der Waals surface area contributed by atoms with Crippen molar-refractivity contribution in [1.82, 2.24) is 0 Å². The van der Waals surface area contributed by atoms with E-state index in [-0.39, 0.29) is 0 Å². The van der Waals surface area contributed by atoms with E-state index >= 15 is 0 Å². The fourth-order valence-corrected chi connectivity index (χ4v) is 2.90. The molecule has 92 valence electrons. The molecule has 2 rings (SSSR count). The van der Waals surface area contributed by atoms with Crippen molar-refractivity contribution in [3.8, 4) is 0 Å².